The molecule has 1 heterocycles. The van der Waals surface area contributed by atoms with Crippen molar-refractivity contribution < 1.29 is 4.79 Å². The molecule has 0 aromatic carbocycles. The number of nitrogens with one attached hydrogen (secondary N) is 1. The minimum atomic E-state index is -0.0451. The Hall–Kier alpha value is -1.12. The zero-order valence-electron chi connectivity index (χ0n) is 15.0. The van der Waals surface area contributed by atoms with Gasteiger partial charge in [0.05, 0.1) is 12.6 Å². The summed E-state index contributed by atoms with van der Waals surface area (Å²) in [6.07, 6.45) is 0. The van der Waals surface area contributed by atoms with Gasteiger partial charge < -0.3 is 10.2 Å². The second kappa shape index (κ2) is 7.94. The molecule has 1 amide bonds. The van der Waals surface area contributed by atoms with E-state index in [1.807, 2.05) is 4.90 Å². The lowest BCUT2D eigenvalue weighted by Gasteiger charge is -2.38. The van der Waals surface area contributed by atoms with Crippen molar-refractivity contribution >= 4 is 5.91 Å². The molecule has 1 aliphatic heterocycles. The van der Waals surface area contributed by atoms with E-state index in [9.17, 15) is 10.1 Å². The lowest BCUT2D eigenvalue weighted by atomic mass is 9.88. The van der Waals surface area contributed by atoms with Crippen molar-refractivity contribution in [2.24, 2.45) is 11.3 Å². The summed E-state index contributed by atoms with van der Waals surface area (Å²) in [4.78, 5) is 16.4. The number of carbonyl (C=O) groups excluding carboxylic acids is 1. The molecule has 22 heavy (non-hydrogen) atoms. The molecule has 0 saturated carbocycles. The van der Waals surface area contributed by atoms with Gasteiger partial charge in [0.25, 0.3) is 0 Å². The van der Waals surface area contributed by atoms with Crippen molar-refractivity contribution in [3.8, 4) is 6.07 Å². The topological polar surface area (TPSA) is 59.4 Å². The maximum absolute atomic E-state index is 12.3. The van der Waals surface area contributed by atoms with Crippen molar-refractivity contribution in [3.05, 3.63) is 0 Å². The number of nitrogens with zero attached hydrogens (tertiary/aromatic N) is 3. The first-order valence-corrected chi connectivity index (χ1v) is 8.31. The van der Waals surface area contributed by atoms with E-state index in [1.54, 1.807) is 0 Å². The van der Waals surface area contributed by atoms with E-state index in [4.69, 9.17) is 0 Å². The molecule has 126 valence electrons. The quantitative estimate of drug-likeness (QED) is 0.840. The summed E-state index contributed by atoms with van der Waals surface area (Å²) in [5, 5.41) is 12.6. The summed E-state index contributed by atoms with van der Waals surface area (Å²) in [6.45, 7) is 16.2. The number of hydrogen-bond donors (Lipinski definition) is 1. The van der Waals surface area contributed by atoms with Crippen LogP contribution in [0, 0.1) is 22.7 Å². The van der Waals surface area contributed by atoms with Crippen LogP contribution in [0.4, 0.5) is 0 Å². The van der Waals surface area contributed by atoms with Crippen LogP contribution >= 0.6 is 0 Å². The minimum Gasteiger partial charge on any atom is -0.339 e. The number of hydrogen-bond acceptors (Lipinski definition) is 4. The van der Waals surface area contributed by atoms with Crippen molar-refractivity contribution in [2.75, 3.05) is 32.7 Å². The Kier molecular flexibility index (Phi) is 6.83. The number of amides is 1. The predicted molar refractivity (Wildman–Crippen MR) is 89.3 cm³/mol. The van der Waals surface area contributed by atoms with Crippen LogP contribution < -0.4 is 5.32 Å². The second-order valence-corrected chi connectivity index (χ2v) is 7.70. The monoisotopic (exact) mass is 308 g/mol. The summed E-state index contributed by atoms with van der Waals surface area (Å²) >= 11 is 0. The van der Waals surface area contributed by atoms with Crippen LogP contribution in [0.3, 0.4) is 0 Å². The average Bonchev–Trinajstić information content (AvgIpc) is 2.44. The van der Waals surface area contributed by atoms with Crippen molar-refractivity contribution in [3.63, 3.8) is 0 Å². The summed E-state index contributed by atoms with van der Waals surface area (Å²) < 4.78 is 0. The molecule has 0 unspecified atom stereocenters. The van der Waals surface area contributed by atoms with Gasteiger partial charge in [-0.15, -0.1) is 0 Å². The predicted octanol–water partition coefficient (Wildman–Crippen LogP) is 1.70. The zero-order valence-corrected chi connectivity index (χ0v) is 15.0. The molecule has 2 atom stereocenters. The second-order valence-electron chi connectivity index (χ2n) is 7.70. The maximum atomic E-state index is 12.3. The fourth-order valence-corrected chi connectivity index (χ4v) is 2.56. The number of rotatable bonds is 5. The highest BCUT2D eigenvalue weighted by Gasteiger charge is 2.28. The Labute approximate surface area is 135 Å². The van der Waals surface area contributed by atoms with Crippen LogP contribution in [0.2, 0.25) is 0 Å². The van der Waals surface area contributed by atoms with E-state index in [-0.39, 0.29) is 17.4 Å². The molecule has 1 N–H and O–H groups in total. The van der Waals surface area contributed by atoms with Gasteiger partial charge in [-0.3, -0.25) is 9.69 Å². The fraction of sp³-hybridized carbons (Fsp3) is 0.882. The summed E-state index contributed by atoms with van der Waals surface area (Å²) in [5.74, 6) is 0.482. The van der Waals surface area contributed by atoms with Gasteiger partial charge in [0, 0.05) is 32.2 Å². The van der Waals surface area contributed by atoms with Crippen LogP contribution in [0.25, 0.3) is 0 Å². The Morgan fingerprint density at radius 3 is 2.14 bits per heavy atom. The normalized spacial score (nSPS) is 19.8. The lowest BCUT2D eigenvalue weighted by Crippen LogP contribution is -2.54. The smallest absolute Gasteiger partial charge is 0.236 e. The Morgan fingerprint density at radius 1 is 1.18 bits per heavy atom. The molecule has 1 rings (SSSR count). The van der Waals surface area contributed by atoms with Crippen LogP contribution in [-0.4, -0.2) is 60.5 Å². The lowest BCUT2D eigenvalue weighted by molar-refractivity contribution is -0.132. The van der Waals surface area contributed by atoms with E-state index >= 15 is 0 Å². The average molecular weight is 308 g/mol. The molecular weight excluding hydrogens is 276 g/mol. The summed E-state index contributed by atoms with van der Waals surface area (Å²) in [5.41, 5.74) is 0.149. The maximum Gasteiger partial charge on any atom is 0.236 e. The standard InChI is InChI=1S/C17H32N4O/c1-13(2)15(11-18)20-7-9-21(10-8-20)16(22)12-19-14(3)17(4,5)6/h13-15,19H,7-10,12H2,1-6H3/t14-,15-/m1/s1. The number of piperazine rings is 1. The molecule has 0 aromatic rings. The van der Waals surface area contributed by atoms with Gasteiger partial charge in [-0.1, -0.05) is 34.6 Å². The first-order chi connectivity index (χ1) is 10.2. The van der Waals surface area contributed by atoms with E-state index in [2.05, 4.69) is 57.8 Å². The highest BCUT2D eigenvalue weighted by molar-refractivity contribution is 5.78. The molecule has 1 fully saturated rings. The number of carbonyl (C=O) groups is 1. The van der Waals surface area contributed by atoms with Gasteiger partial charge in [-0.25, -0.2) is 0 Å². The third-order valence-corrected chi connectivity index (χ3v) is 4.68. The van der Waals surface area contributed by atoms with E-state index in [0.717, 1.165) is 26.2 Å². The van der Waals surface area contributed by atoms with Crippen LogP contribution in [-0.2, 0) is 4.79 Å². The first-order valence-electron chi connectivity index (χ1n) is 8.31. The van der Waals surface area contributed by atoms with Crippen molar-refractivity contribution in [2.45, 2.75) is 53.6 Å². The van der Waals surface area contributed by atoms with E-state index < -0.39 is 0 Å². The molecule has 0 radical (unpaired) electrons. The Morgan fingerprint density at radius 2 is 1.73 bits per heavy atom. The van der Waals surface area contributed by atoms with Gasteiger partial charge in [-0.2, -0.15) is 5.26 Å². The molecule has 5 nitrogen and oxygen atoms in total. The molecule has 0 aliphatic carbocycles. The SMILES string of the molecule is CC(C)[C@@H](C#N)N1CCN(C(=O)CN[C@H](C)C(C)(C)C)CC1. The fourth-order valence-electron chi connectivity index (χ4n) is 2.56. The Bertz CT molecular complexity index is 400. The molecule has 5 heteroatoms. The molecule has 1 aliphatic rings. The third-order valence-electron chi connectivity index (χ3n) is 4.68. The first kappa shape index (κ1) is 18.9. The van der Waals surface area contributed by atoms with Gasteiger partial charge in [-0.05, 0) is 18.3 Å². The molecule has 0 bridgehead atoms. The Balaban J connectivity index is 2.42. The summed E-state index contributed by atoms with van der Waals surface area (Å²) in [7, 11) is 0. The molecule has 1 saturated heterocycles. The summed E-state index contributed by atoms with van der Waals surface area (Å²) in [6, 6.07) is 2.63. The minimum absolute atomic E-state index is 0.0451. The third kappa shape index (κ3) is 5.26. The molecule has 0 aromatic heterocycles. The van der Waals surface area contributed by atoms with Crippen molar-refractivity contribution in [1.29, 1.82) is 5.26 Å². The largest absolute Gasteiger partial charge is 0.339 e. The van der Waals surface area contributed by atoms with Crippen LogP contribution in [0.15, 0.2) is 0 Å². The van der Waals surface area contributed by atoms with E-state index in [0.29, 0.717) is 18.5 Å². The van der Waals surface area contributed by atoms with Gasteiger partial charge in [0.2, 0.25) is 5.91 Å². The van der Waals surface area contributed by atoms with Gasteiger partial charge >= 0.3 is 0 Å². The van der Waals surface area contributed by atoms with Crippen molar-refractivity contribution in [1.82, 2.24) is 15.1 Å². The highest BCUT2D eigenvalue weighted by atomic mass is 16.2. The number of nitriles is 1. The zero-order chi connectivity index (χ0) is 16.9. The van der Waals surface area contributed by atoms with Gasteiger partial charge in [0.1, 0.15) is 6.04 Å². The van der Waals surface area contributed by atoms with Gasteiger partial charge in [0.15, 0.2) is 0 Å². The molecular formula is C17H32N4O. The molecule has 0 spiro atoms. The van der Waals surface area contributed by atoms with Crippen LogP contribution in [0.5, 0.6) is 0 Å². The highest BCUT2D eigenvalue weighted by Crippen LogP contribution is 2.18. The van der Waals surface area contributed by atoms with E-state index in [1.165, 1.54) is 0 Å². The van der Waals surface area contributed by atoms with Crippen LogP contribution in [0.1, 0.15) is 41.5 Å².